The number of esters is 1. The molecule has 3 unspecified atom stereocenters. The van der Waals surface area contributed by atoms with E-state index in [1.165, 1.54) is 0 Å². The van der Waals surface area contributed by atoms with Gasteiger partial charge in [0.25, 0.3) is 0 Å². The minimum absolute atomic E-state index is 0.0682. The Hall–Kier alpha value is -4.57. The van der Waals surface area contributed by atoms with Gasteiger partial charge in [0.15, 0.2) is 0 Å². The van der Waals surface area contributed by atoms with E-state index in [2.05, 4.69) is 6.58 Å². The summed E-state index contributed by atoms with van der Waals surface area (Å²) in [5, 5.41) is 14.2. The number of hydrogen-bond acceptors (Lipinski definition) is 8. The molecule has 0 bridgehead atoms. The van der Waals surface area contributed by atoms with Crippen LogP contribution in [0.4, 0.5) is 0 Å². The largest absolute Gasteiger partial charge is 0.873 e. The molecule has 0 N–H and O–H groups in total. The zero-order valence-corrected chi connectivity index (χ0v) is 29.7. The Morgan fingerprint density at radius 3 is 1.53 bits per heavy atom. The van der Waals surface area contributed by atoms with Gasteiger partial charge in [-0.1, -0.05) is 133 Å². The van der Waals surface area contributed by atoms with Crippen LogP contribution in [-0.4, -0.2) is 49.2 Å². The van der Waals surface area contributed by atoms with Gasteiger partial charge in [-0.25, -0.2) is 4.79 Å². The maximum Gasteiger partial charge on any atom is 0.330 e. The molecule has 0 saturated heterocycles. The molecule has 8 heteroatoms. The van der Waals surface area contributed by atoms with E-state index in [1.807, 2.05) is 121 Å². The van der Waals surface area contributed by atoms with Crippen LogP contribution in [-0.2, 0) is 59.6 Å². The third-order valence-corrected chi connectivity index (χ3v) is 7.60. The predicted octanol–water partition coefficient (Wildman–Crippen LogP) is 7.12. The molecule has 0 radical (unpaired) electrons. The summed E-state index contributed by atoms with van der Waals surface area (Å²) < 4.78 is 37.8. The fraction of sp³-hybridized carbons (Fsp3) is 0.326. The number of benzene rings is 4. The minimum atomic E-state index is -1.30. The summed E-state index contributed by atoms with van der Waals surface area (Å²) in [6, 6.07) is 38.6. The van der Waals surface area contributed by atoms with Gasteiger partial charge in [-0.2, -0.15) is 0 Å². The monoisotopic (exact) mass is 693 g/mol. The van der Waals surface area contributed by atoms with Crippen molar-refractivity contribution < 1.29 is 38.3 Å². The van der Waals surface area contributed by atoms with Crippen LogP contribution in [0.3, 0.4) is 0 Å². The van der Waals surface area contributed by atoms with E-state index in [9.17, 15) is 9.90 Å². The van der Waals surface area contributed by atoms with Crippen molar-refractivity contribution in [2.45, 2.75) is 77.2 Å². The van der Waals surface area contributed by atoms with Gasteiger partial charge in [-0.15, -0.1) is 6.58 Å². The first-order valence-corrected chi connectivity index (χ1v) is 17.1. The summed E-state index contributed by atoms with van der Waals surface area (Å²) in [4.78, 5) is 13.0. The lowest BCUT2D eigenvalue weighted by atomic mass is 9.99. The maximum absolute atomic E-state index is 14.2. The van der Waals surface area contributed by atoms with Crippen LogP contribution >= 0.6 is 0 Å². The van der Waals surface area contributed by atoms with E-state index in [0.717, 1.165) is 28.3 Å². The van der Waals surface area contributed by atoms with Crippen molar-refractivity contribution in [1.82, 2.24) is 0 Å². The van der Waals surface area contributed by atoms with E-state index in [1.54, 1.807) is 26.8 Å². The first kappa shape index (κ1) is 39.2. The molecular weight excluding hydrogens is 644 g/mol. The van der Waals surface area contributed by atoms with Gasteiger partial charge in [0.2, 0.25) is 0 Å². The number of carbonyl (C=O) groups is 1. The normalized spacial score (nSPS) is 14.3. The molecule has 0 spiro atoms. The van der Waals surface area contributed by atoms with Crippen molar-refractivity contribution in [2.75, 3.05) is 13.2 Å². The Balaban J connectivity index is 1.77. The highest BCUT2D eigenvalue weighted by Crippen LogP contribution is 2.26. The first-order chi connectivity index (χ1) is 24.7. The van der Waals surface area contributed by atoms with Gasteiger partial charge >= 0.3 is 5.97 Å². The van der Waals surface area contributed by atoms with Gasteiger partial charge < -0.3 is 33.5 Å². The maximum atomic E-state index is 14.2. The van der Waals surface area contributed by atoms with E-state index < -0.39 is 41.7 Å². The molecule has 4 rings (SSSR count). The minimum Gasteiger partial charge on any atom is -0.873 e. The van der Waals surface area contributed by atoms with Crippen LogP contribution in [0.1, 0.15) is 43.0 Å². The quantitative estimate of drug-likeness (QED) is 0.0394. The smallest absolute Gasteiger partial charge is 0.330 e. The number of hydrogen-bond donors (Lipinski definition) is 0. The lowest BCUT2D eigenvalue weighted by Crippen LogP contribution is -2.52. The highest BCUT2D eigenvalue weighted by molar-refractivity contribution is 5.82. The average Bonchev–Trinajstić information content (AvgIpc) is 3.13. The van der Waals surface area contributed by atoms with Gasteiger partial charge in [0.1, 0.15) is 23.9 Å². The number of ether oxygens (including phenoxy) is 6. The molecule has 0 aromatic heterocycles. The second-order valence-corrected chi connectivity index (χ2v) is 13.0. The van der Waals surface area contributed by atoms with Crippen LogP contribution in [0.5, 0.6) is 0 Å². The van der Waals surface area contributed by atoms with Crippen molar-refractivity contribution in [3.63, 3.8) is 0 Å². The first-order valence-electron chi connectivity index (χ1n) is 17.1. The van der Waals surface area contributed by atoms with Crippen LogP contribution < -0.4 is 5.11 Å². The lowest BCUT2D eigenvalue weighted by molar-refractivity contribution is -0.335. The third kappa shape index (κ3) is 14.3. The van der Waals surface area contributed by atoms with Gasteiger partial charge in [-0.3, -0.25) is 0 Å². The van der Waals surface area contributed by atoms with E-state index in [0.29, 0.717) is 6.61 Å². The fourth-order valence-corrected chi connectivity index (χ4v) is 5.23. The summed E-state index contributed by atoms with van der Waals surface area (Å²) in [5.74, 6) is -1.41. The van der Waals surface area contributed by atoms with E-state index in [-0.39, 0.29) is 33.0 Å². The average molecular weight is 694 g/mol. The van der Waals surface area contributed by atoms with Crippen molar-refractivity contribution in [1.29, 1.82) is 0 Å². The standard InChI is InChI=1S/C43H50O8/c1-5-26-47-38(32-46-28-33-18-10-6-11-19-33)41(49-30-35-22-14-8-15-23-35)42(50-31-36-24-16-9-17-25-36)40(48-29-34-20-12-7-13-21-34)37(44)27-39(45)51-43(2,3)4/h5-25,27,38,40-42,44H,1,26,28-32H2,2-4H3/p-1/b37-27-/t38?,40?,41-,42?/m0/s1. The highest BCUT2D eigenvalue weighted by Gasteiger charge is 2.39. The molecule has 0 heterocycles. The predicted molar refractivity (Wildman–Crippen MR) is 195 cm³/mol. The molecule has 51 heavy (non-hydrogen) atoms. The summed E-state index contributed by atoms with van der Waals surface area (Å²) in [6.07, 6.45) is -1.46. The molecule has 4 atom stereocenters. The Labute approximate surface area is 302 Å². The van der Waals surface area contributed by atoms with E-state index >= 15 is 0 Å². The molecule has 270 valence electrons. The summed E-state index contributed by atoms with van der Waals surface area (Å²) in [6.45, 7) is 10.1. The molecule has 8 nitrogen and oxygen atoms in total. The zero-order valence-electron chi connectivity index (χ0n) is 29.7. The molecule has 0 aliphatic carbocycles. The molecule has 4 aromatic rings. The summed E-state index contributed by atoms with van der Waals surface area (Å²) in [7, 11) is 0. The molecule has 0 aliphatic rings. The SMILES string of the molecule is C=CCOC(COCc1ccccc1)[C@H](OCc1ccccc1)C(OCc1ccccc1)C(OCc1ccccc1)/C([O-])=C/C(=O)OC(C)(C)C. The Bertz CT molecular complexity index is 1590. The van der Waals surface area contributed by atoms with Gasteiger partial charge in [-0.05, 0) is 43.0 Å². The number of rotatable bonds is 21. The van der Waals surface area contributed by atoms with Crippen LogP contribution in [0, 0.1) is 0 Å². The fourth-order valence-electron chi connectivity index (χ4n) is 5.23. The molecule has 0 saturated carbocycles. The highest BCUT2D eigenvalue weighted by atomic mass is 16.6. The molecular formula is C43H49O8-. The summed E-state index contributed by atoms with van der Waals surface area (Å²) in [5.41, 5.74) is 2.80. The van der Waals surface area contributed by atoms with Crippen molar-refractivity contribution in [3.8, 4) is 0 Å². The Morgan fingerprint density at radius 1 is 0.647 bits per heavy atom. The zero-order chi connectivity index (χ0) is 36.3. The number of carbonyl (C=O) groups excluding carboxylic acids is 1. The molecule has 4 aromatic carbocycles. The topological polar surface area (TPSA) is 95.5 Å². The summed E-state index contributed by atoms with van der Waals surface area (Å²) >= 11 is 0. The second-order valence-electron chi connectivity index (χ2n) is 13.0. The third-order valence-electron chi connectivity index (χ3n) is 7.60. The molecule has 0 fully saturated rings. The van der Waals surface area contributed by atoms with Gasteiger partial charge in [0, 0.05) is 6.08 Å². The molecule has 0 aliphatic heterocycles. The second kappa shape index (κ2) is 20.9. The van der Waals surface area contributed by atoms with E-state index in [4.69, 9.17) is 28.4 Å². The van der Waals surface area contributed by atoms with Crippen LogP contribution in [0.2, 0.25) is 0 Å². The Morgan fingerprint density at radius 2 is 1.08 bits per heavy atom. The Kier molecular flexibility index (Phi) is 16.1. The van der Waals surface area contributed by atoms with Crippen molar-refractivity contribution in [2.24, 2.45) is 0 Å². The van der Waals surface area contributed by atoms with Crippen LogP contribution in [0.15, 0.2) is 146 Å². The van der Waals surface area contributed by atoms with Gasteiger partial charge in [0.05, 0.1) is 45.7 Å². The molecule has 0 amide bonds. The van der Waals surface area contributed by atoms with Crippen molar-refractivity contribution in [3.05, 3.63) is 168 Å². The van der Waals surface area contributed by atoms with Crippen LogP contribution in [0.25, 0.3) is 0 Å². The lowest BCUT2D eigenvalue weighted by Gasteiger charge is -2.40. The van der Waals surface area contributed by atoms with Crippen molar-refractivity contribution >= 4 is 5.97 Å².